The van der Waals surface area contributed by atoms with E-state index in [9.17, 15) is 4.79 Å². The topological polar surface area (TPSA) is 49.6 Å². The van der Waals surface area contributed by atoms with Crippen LogP contribution in [0.2, 0.25) is 5.02 Å². The summed E-state index contributed by atoms with van der Waals surface area (Å²) in [7, 11) is 4.18. The smallest absolute Gasteiger partial charge is 0.250 e. The largest absolute Gasteiger partial charge is 0.370 e. The number of halogens is 1. The number of carbonyl (C=O) groups is 1. The molecule has 1 saturated heterocycles. The van der Waals surface area contributed by atoms with Crippen LogP contribution in [0.3, 0.4) is 0 Å². The van der Waals surface area contributed by atoms with Gasteiger partial charge in [-0.25, -0.2) is 0 Å². The van der Waals surface area contributed by atoms with Gasteiger partial charge in [0.05, 0.1) is 10.6 Å². The lowest BCUT2D eigenvalue weighted by Gasteiger charge is -2.22. The first-order chi connectivity index (χ1) is 8.49. The van der Waals surface area contributed by atoms with Gasteiger partial charge in [-0.2, -0.15) is 0 Å². The maximum absolute atomic E-state index is 11.3. The summed E-state index contributed by atoms with van der Waals surface area (Å²) in [4.78, 5) is 15.8. The number of rotatable bonds is 3. The third-order valence-corrected chi connectivity index (χ3v) is 3.80. The molecule has 1 fully saturated rings. The molecular weight excluding hydrogens is 250 g/mol. The molecule has 1 atom stereocenters. The van der Waals surface area contributed by atoms with Gasteiger partial charge >= 0.3 is 0 Å². The van der Waals surface area contributed by atoms with E-state index in [0.717, 1.165) is 25.2 Å². The molecule has 0 aliphatic carbocycles. The first-order valence-corrected chi connectivity index (χ1v) is 6.37. The Morgan fingerprint density at radius 1 is 1.50 bits per heavy atom. The van der Waals surface area contributed by atoms with Crippen molar-refractivity contribution in [1.82, 2.24) is 4.90 Å². The number of carbonyl (C=O) groups excluding carboxylic acids is 1. The number of primary amides is 1. The zero-order valence-corrected chi connectivity index (χ0v) is 11.4. The summed E-state index contributed by atoms with van der Waals surface area (Å²) in [5.41, 5.74) is 6.71. The van der Waals surface area contributed by atoms with E-state index in [0.29, 0.717) is 16.6 Å². The molecule has 2 rings (SSSR count). The zero-order valence-electron chi connectivity index (χ0n) is 10.7. The van der Waals surface area contributed by atoms with Crippen molar-refractivity contribution in [2.45, 2.75) is 12.5 Å². The maximum atomic E-state index is 11.3. The van der Waals surface area contributed by atoms with E-state index in [1.54, 1.807) is 12.1 Å². The lowest BCUT2D eigenvalue weighted by molar-refractivity contribution is 0.100. The third-order valence-electron chi connectivity index (χ3n) is 3.47. The maximum Gasteiger partial charge on any atom is 0.250 e. The fourth-order valence-corrected chi connectivity index (χ4v) is 2.51. The van der Waals surface area contributed by atoms with Crippen LogP contribution in [0.15, 0.2) is 18.2 Å². The van der Waals surface area contributed by atoms with Crippen molar-refractivity contribution in [2.24, 2.45) is 5.73 Å². The van der Waals surface area contributed by atoms with Crippen LogP contribution >= 0.6 is 11.6 Å². The highest BCUT2D eigenvalue weighted by atomic mass is 35.5. The van der Waals surface area contributed by atoms with Gasteiger partial charge in [0, 0.05) is 24.8 Å². The number of hydrogen-bond donors (Lipinski definition) is 1. The molecular formula is C13H18ClN3O. The Labute approximate surface area is 112 Å². The van der Waals surface area contributed by atoms with E-state index in [2.05, 4.69) is 23.9 Å². The second-order valence-electron chi connectivity index (χ2n) is 4.88. The van der Waals surface area contributed by atoms with Gasteiger partial charge in [-0.15, -0.1) is 0 Å². The molecule has 1 aromatic rings. The Bertz CT molecular complexity index is 462. The molecule has 4 nitrogen and oxygen atoms in total. The van der Waals surface area contributed by atoms with Crippen molar-refractivity contribution in [3.63, 3.8) is 0 Å². The number of amides is 1. The van der Waals surface area contributed by atoms with Crippen molar-refractivity contribution in [3.8, 4) is 0 Å². The quantitative estimate of drug-likeness (QED) is 0.905. The molecule has 0 spiro atoms. The van der Waals surface area contributed by atoms with E-state index in [1.165, 1.54) is 0 Å². The highest BCUT2D eigenvalue weighted by molar-refractivity contribution is 6.33. The number of benzene rings is 1. The predicted molar refractivity (Wildman–Crippen MR) is 74.3 cm³/mol. The highest BCUT2D eigenvalue weighted by Gasteiger charge is 2.24. The number of nitrogens with zero attached hydrogens (tertiary/aromatic N) is 2. The summed E-state index contributed by atoms with van der Waals surface area (Å²) < 4.78 is 0. The van der Waals surface area contributed by atoms with Gasteiger partial charge in [-0.1, -0.05) is 11.6 Å². The molecule has 1 unspecified atom stereocenters. The van der Waals surface area contributed by atoms with Crippen LogP contribution in [-0.4, -0.2) is 44.0 Å². The van der Waals surface area contributed by atoms with Crippen molar-refractivity contribution in [2.75, 3.05) is 32.1 Å². The molecule has 1 aliphatic heterocycles. The molecule has 1 heterocycles. The molecule has 5 heteroatoms. The Hall–Kier alpha value is -1.26. The summed E-state index contributed by atoms with van der Waals surface area (Å²) in [6.07, 6.45) is 1.13. The van der Waals surface area contributed by atoms with Crippen molar-refractivity contribution in [1.29, 1.82) is 0 Å². The first kappa shape index (κ1) is 13.2. The SMILES string of the molecule is CN(C)C1CCN(c2ccc(Cl)c(C(N)=O)c2)C1. The fourth-order valence-electron chi connectivity index (χ4n) is 2.30. The summed E-state index contributed by atoms with van der Waals surface area (Å²) in [5, 5.41) is 0.412. The van der Waals surface area contributed by atoms with Gasteiger partial charge in [-0.3, -0.25) is 4.79 Å². The standard InChI is InChI=1S/C13H18ClN3O/c1-16(2)10-5-6-17(8-10)9-3-4-12(14)11(7-9)13(15)18/h3-4,7,10H,5-6,8H2,1-2H3,(H2,15,18). The minimum atomic E-state index is -0.481. The number of hydrogen-bond acceptors (Lipinski definition) is 3. The second-order valence-corrected chi connectivity index (χ2v) is 5.29. The zero-order chi connectivity index (χ0) is 13.3. The van der Waals surface area contributed by atoms with Crippen molar-refractivity contribution >= 4 is 23.2 Å². The van der Waals surface area contributed by atoms with Crippen LogP contribution in [0.5, 0.6) is 0 Å². The van der Waals surface area contributed by atoms with Crippen LogP contribution < -0.4 is 10.6 Å². The lowest BCUT2D eigenvalue weighted by Crippen LogP contribution is -2.31. The summed E-state index contributed by atoms with van der Waals surface area (Å²) >= 11 is 5.95. The van der Waals surface area contributed by atoms with Gasteiger partial charge in [0.25, 0.3) is 0 Å². The normalized spacial score (nSPS) is 19.6. The van der Waals surface area contributed by atoms with E-state index >= 15 is 0 Å². The van der Waals surface area contributed by atoms with E-state index < -0.39 is 5.91 Å². The van der Waals surface area contributed by atoms with Crippen LogP contribution in [0.4, 0.5) is 5.69 Å². The van der Waals surface area contributed by atoms with Gasteiger partial charge in [0.1, 0.15) is 0 Å². The van der Waals surface area contributed by atoms with Crippen molar-refractivity contribution in [3.05, 3.63) is 28.8 Å². The van der Waals surface area contributed by atoms with Gasteiger partial charge in [-0.05, 0) is 38.7 Å². The predicted octanol–water partition coefficient (Wildman–Crippen LogP) is 1.58. The molecule has 0 radical (unpaired) electrons. The number of nitrogens with two attached hydrogens (primary N) is 1. The molecule has 1 amide bonds. The molecule has 0 saturated carbocycles. The first-order valence-electron chi connectivity index (χ1n) is 6.00. The minimum absolute atomic E-state index is 0.391. The number of likely N-dealkylation sites (N-methyl/N-ethyl adjacent to an activating group) is 1. The van der Waals surface area contributed by atoms with E-state index in [-0.39, 0.29) is 0 Å². The van der Waals surface area contributed by atoms with Crippen LogP contribution in [-0.2, 0) is 0 Å². The van der Waals surface area contributed by atoms with Gasteiger partial charge in [0.15, 0.2) is 0 Å². The summed E-state index contributed by atoms with van der Waals surface area (Å²) in [6, 6.07) is 6.01. The average Bonchev–Trinajstić information content (AvgIpc) is 2.78. The van der Waals surface area contributed by atoms with Crippen LogP contribution in [0.1, 0.15) is 16.8 Å². The van der Waals surface area contributed by atoms with Crippen molar-refractivity contribution < 1.29 is 4.79 Å². The molecule has 0 aromatic heterocycles. The van der Waals surface area contributed by atoms with Gasteiger partial charge < -0.3 is 15.5 Å². The molecule has 1 aliphatic rings. The third kappa shape index (κ3) is 2.60. The van der Waals surface area contributed by atoms with E-state index in [1.807, 2.05) is 6.07 Å². The second kappa shape index (κ2) is 5.16. The molecule has 0 bridgehead atoms. The monoisotopic (exact) mass is 267 g/mol. The van der Waals surface area contributed by atoms with E-state index in [4.69, 9.17) is 17.3 Å². The number of anilines is 1. The summed E-state index contributed by atoms with van der Waals surface area (Å²) in [5.74, 6) is -0.481. The van der Waals surface area contributed by atoms with Crippen LogP contribution in [0, 0.1) is 0 Å². The molecule has 1 aromatic carbocycles. The van der Waals surface area contributed by atoms with Gasteiger partial charge in [0.2, 0.25) is 5.91 Å². The molecule has 2 N–H and O–H groups in total. The lowest BCUT2D eigenvalue weighted by atomic mass is 10.2. The molecule has 98 valence electrons. The van der Waals surface area contributed by atoms with Crippen LogP contribution in [0.25, 0.3) is 0 Å². The Balaban J connectivity index is 2.20. The highest BCUT2D eigenvalue weighted by Crippen LogP contribution is 2.26. The Morgan fingerprint density at radius 2 is 2.22 bits per heavy atom. The minimum Gasteiger partial charge on any atom is -0.370 e. The molecule has 18 heavy (non-hydrogen) atoms. The Morgan fingerprint density at radius 3 is 2.78 bits per heavy atom. The summed E-state index contributed by atoms with van der Waals surface area (Å²) in [6.45, 7) is 1.95. The fraction of sp³-hybridized carbons (Fsp3) is 0.462. The Kier molecular flexibility index (Phi) is 3.78. The average molecular weight is 268 g/mol.